The maximum absolute atomic E-state index is 12.3. The Balaban J connectivity index is 1.67. The Hall–Kier alpha value is -1.82. The Kier molecular flexibility index (Phi) is 3.49. The van der Waals surface area contributed by atoms with Crippen LogP contribution in [0, 0.1) is 0 Å². The van der Waals surface area contributed by atoms with Crippen LogP contribution in [0.15, 0.2) is 18.3 Å². The normalized spacial score (nSPS) is 25.4. The van der Waals surface area contributed by atoms with Gasteiger partial charge < -0.3 is 19.5 Å². The molecule has 0 saturated carbocycles. The first-order chi connectivity index (χ1) is 10.0. The van der Waals surface area contributed by atoms with Gasteiger partial charge in [-0.05, 0) is 31.9 Å². The number of rotatable bonds is 1. The topological polar surface area (TPSA) is 65.6 Å². The largest absolute Gasteiger partial charge is 0.363 e. The standard InChI is InChI=1S/C15H21N3O3/c1-11-15(21-10-13(19)17(11)2)5-8-18(9-6-15)14(20)12-4-3-7-16-12/h3-4,7,11,16H,5-6,8-10H2,1-2H3/t11-/m1/s1. The predicted octanol–water partition coefficient (Wildman–Crippen LogP) is 0.867. The molecule has 0 aliphatic carbocycles. The third kappa shape index (κ3) is 2.33. The molecule has 6 heteroatoms. The number of hydrogen-bond acceptors (Lipinski definition) is 3. The average molecular weight is 291 g/mol. The van der Waals surface area contributed by atoms with E-state index in [1.165, 1.54) is 0 Å². The number of aromatic amines is 1. The molecule has 2 saturated heterocycles. The fourth-order valence-corrected chi connectivity index (χ4v) is 3.28. The van der Waals surface area contributed by atoms with Crippen LogP contribution in [0.3, 0.4) is 0 Å². The minimum absolute atomic E-state index is 0.0259. The van der Waals surface area contributed by atoms with E-state index in [9.17, 15) is 9.59 Å². The van der Waals surface area contributed by atoms with Crippen LogP contribution in [0.2, 0.25) is 0 Å². The third-order valence-electron chi connectivity index (χ3n) is 4.94. The first-order valence-corrected chi connectivity index (χ1v) is 7.36. The Labute approximate surface area is 124 Å². The number of aromatic nitrogens is 1. The maximum atomic E-state index is 12.3. The summed E-state index contributed by atoms with van der Waals surface area (Å²) in [6.45, 7) is 3.49. The lowest BCUT2D eigenvalue weighted by Crippen LogP contribution is -2.63. The lowest BCUT2D eigenvalue weighted by atomic mass is 9.83. The number of nitrogens with zero attached hydrogens (tertiary/aromatic N) is 2. The van der Waals surface area contributed by atoms with Crippen molar-refractivity contribution in [3.8, 4) is 0 Å². The molecular formula is C15H21N3O3. The van der Waals surface area contributed by atoms with Crippen LogP contribution in [-0.4, -0.2) is 65.0 Å². The number of H-pyrrole nitrogens is 1. The highest BCUT2D eigenvalue weighted by Gasteiger charge is 2.47. The van der Waals surface area contributed by atoms with Gasteiger partial charge in [0.05, 0.1) is 11.6 Å². The Morgan fingerprint density at radius 1 is 1.43 bits per heavy atom. The zero-order chi connectivity index (χ0) is 15.0. The minimum atomic E-state index is -0.310. The van der Waals surface area contributed by atoms with Gasteiger partial charge in [-0.1, -0.05) is 0 Å². The van der Waals surface area contributed by atoms with E-state index in [1.54, 1.807) is 17.2 Å². The van der Waals surface area contributed by atoms with Crippen LogP contribution >= 0.6 is 0 Å². The quantitative estimate of drug-likeness (QED) is 0.835. The average Bonchev–Trinajstić information content (AvgIpc) is 3.04. The van der Waals surface area contributed by atoms with E-state index in [0.29, 0.717) is 18.8 Å². The molecule has 1 N–H and O–H groups in total. The zero-order valence-electron chi connectivity index (χ0n) is 12.5. The van der Waals surface area contributed by atoms with Gasteiger partial charge in [-0.3, -0.25) is 9.59 Å². The van der Waals surface area contributed by atoms with Gasteiger partial charge in [-0.25, -0.2) is 0 Å². The van der Waals surface area contributed by atoms with Crippen LogP contribution in [0.1, 0.15) is 30.3 Å². The highest BCUT2D eigenvalue weighted by atomic mass is 16.5. The van der Waals surface area contributed by atoms with Crippen molar-refractivity contribution in [3.05, 3.63) is 24.0 Å². The van der Waals surface area contributed by atoms with Gasteiger partial charge in [0.25, 0.3) is 5.91 Å². The molecule has 0 bridgehead atoms. The second-order valence-corrected chi connectivity index (χ2v) is 5.91. The highest BCUT2D eigenvalue weighted by Crippen LogP contribution is 2.35. The summed E-state index contributed by atoms with van der Waals surface area (Å²) in [4.78, 5) is 30.6. The molecule has 2 amide bonds. The van der Waals surface area contributed by atoms with E-state index in [0.717, 1.165) is 12.8 Å². The molecule has 2 fully saturated rings. The van der Waals surface area contributed by atoms with E-state index in [-0.39, 0.29) is 30.1 Å². The first kappa shape index (κ1) is 14.1. The van der Waals surface area contributed by atoms with Gasteiger partial charge in [0, 0.05) is 26.3 Å². The van der Waals surface area contributed by atoms with Gasteiger partial charge in [-0.15, -0.1) is 0 Å². The molecule has 3 rings (SSSR count). The summed E-state index contributed by atoms with van der Waals surface area (Å²) in [6.07, 6.45) is 3.28. The van der Waals surface area contributed by atoms with E-state index in [2.05, 4.69) is 4.98 Å². The first-order valence-electron chi connectivity index (χ1n) is 7.36. The number of likely N-dealkylation sites (tertiary alicyclic amines) is 1. The monoisotopic (exact) mass is 291 g/mol. The molecule has 0 aromatic carbocycles. The van der Waals surface area contributed by atoms with Gasteiger partial charge in [0.2, 0.25) is 5.91 Å². The number of likely N-dealkylation sites (N-methyl/N-ethyl adjacent to an activating group) is 1. The number of amides is 2. The van der Waals surface area contributed by atoms with Crippen molar-refractivity contribution in [2.24, 2.45) is 0 Å². The van der Waals surface area contributed by atoms with Gasteiger partial charge >= 0.3 is 0 Å². The van der Waals surface area contributed by atoms with E-state index >= 15 is 0 Å². The van der Waals surface area contributed by atoms with E-state index in [1.807, 2.05) is 24.9 Å². The van der Waals surface area contributed by atoms with Crippen molar-refractivity contribution in [1.82, 2.24) is 14.8 Å². The third-order valence-corrected chi connectivity index (χ3v) is 4.94. The summed E-state index contributed by atoms with van der Waals surface area (Å²) in [5, 5.41) is 0. The summed E-state index contributed by atoms with van der Waals surface area (Å²) in [7, 11) is 1.83. The van der Waals surface area contributed by atoms with Crippen LogP contribution < -0.4 is 0 Å². The highest BCUT2D eigenvalue weighted by molar-refractivity contribution is 5.92. The Morgan fingerprint density at radius 3 is 2.76 bits per heavy atom. The number of carbonyl (C=O) groups is 2. The molecule has 2 aliphatic rings. The summed E-state index contributed by atoms with van der Waals surface area (Å²) in [6, 6.07) is 3.66. The van der Waals surface area contributed by atoms with Gasteiger partial charge in [0.1, 0.15) is 12.3 Å². The Bertz CT molecular complexity index is 532. The number of nitrogens with one attached hydrogen (secondary N) is 1. The second-order valence-electron chi connectivity index (χ2n) is 5.91. The molecule has 2 aliphatic heterocycles. The van der Waals surface area contributed by atoms with Crippen molar-refractivity contribution in [2.75, 3.05) is 26.7 Å². The van der Waals surface area contributed by atoms with Crippen molar-refractivity contribution >= 4 is 11.8 Å². The van der Waals surface area contributed by atoms with Gasteiger partial charge in [-0.2, -0.15) is 0 Å². The summed E-state index contributed by atoms with van der Waals surface area (Å²) in [5.74, 6) is 0.0563. The van der Waals surface area contributed by atoms with Crippen LogP contribution in [0.5, 0.6) is 0 Å². The second kappa shape index (κ2) is 5.18. The van der Waals surface area contributed by atoms with Crippen LogP contribution in [0.25, 0.3) is 0 Å². The summed E-state index contributed by atoms with van der Waals surface area (Å²) < 4.78 is 5.88. The molecule has 1 spiro atoms. The molecule has 1 aromatic rings. The number of carbonyl (C=O) groups excluding carboxylic acids is 2. The van der Waals surface area contributed by atoms with E-state index < -0.39 is 0 Å². The minimum Gasteiger partial charge on any atom is -0.363 e. The van der Waals surface area contributed by atoms with Crippen molar-refractivity contribution < 1.29 is 14.3 Å². The van der Waals surface area contributed by atoms with Crippen molar-refractivity contribution in [3.63, 3.8) is 0 Å². The number of hydrogen-bond donors (Lipinski definition) is 1. The fraction of sp³-hybridized carbons (Fsp3) is 0.600. The molecule has 3 heterocycles. The molecular weight excluding hydrogens is 270 g/mol. The molecule has 0 unspecified atom stereocenters. The molecule has 6 nitrogen and oxygen atoms in total. The number of piperidine rings is 1. The van der Waals surface area contributed by atoms with Crippen molar-refractivity contribution in [2.45, 2.75) is 31.4 Å². The SMILES string of the molecule is C[C@H]1N(C)C(=O)COC12CCN(C(=O)c1ccc[nH]1)CC2. The smallest absolute Gasteiger partial charge is 0.270 e. The summed E-state index contributed by atoms with van der Waals surface area (Å²) in [5.41, 5.74) is 0.311. The van der Waals surface area contributed by atoms with E-state index in [4.69, 9.17) is 4.74 Å². The molecule has 114 valence electrons. The molecule has 1 atom stereocenters. The molecule has 0 radical (unpaired) electrons. The summed E-state index contributed by atoms with van der Waals surface area (Å²) >= 11 is 0. The number of morpholine rings is 1. The molecule has 21 heavy (non-hydrogen) atoms. The van der Waals surface area contributed by atoms with Crippen LogP contribution in [-0.2, 0) is 9.53 Å². The zero-order valence-corrected chi connectivity index (χ0v) is 12.5. The maximum Gasteiger partial charge on any atom is 0.270 e. The van der Waals surface area contributed by atoms with Gasteiger partial charge in [0.15, 0.2) is 0 Å². The van der Waals surface area contributed by atoms with Crippen molar-refractivity contribution in [1.29, 1.82) is 0 Å². The lowest BCUT2D eigenvalue weighted by Gasteiger charge is -2.50. The molecule has 1 aromatic heterocycles. The predicted molar refractivity (Wildman–Crippen MR) is 76.8 cm³/mol. The lowest BCUT2D eigenvalue weighted by molar-refractivity contribution is -0.181. The fourth-order valence-electron chi connectivity index (χ4n) is 3.28. The number of ether oxygens (including phenoxy) is 1. The Morgan fingerprint density at radius 2 is 2.14 bits per heavy atom. The van der Waals surface area contributed by atoms with Crippen LogP contribution in [0.4, 0.5) is 0 Å².